The highest BCUT2D eigenvalue weighted by Gasteiger charge is 2.07. The SMILES string of the molecule is Cc1cc(C)c(C)c(OCc2cc(F)cc(C(N)=S)c2)c1. The van der Waals surface area contributed by atoms with E-state index in [4.69, 9.17) is 22.7 Å². The Balaban J connectivity index is 2.22. The summed E-state index contributed by atoms with van der Waals surface area (Å²) < 4.78 is 19.4. The topological polar surface area (TPSA) is 35.2 Å². The molecule has 0 atom stereocenters. The summed E-state index contributed by atoms with van der Waals surface area (Å²) in [6, 6.07) is 8.60. The van der Waals surface area contributed by atoms with E-state index >= 15 is 0 Å². The molecule has 2 nitrogen and oxygen atoms in total. The maximum atomic E-state index is 13.6. The maximum absolute atomic E-state index is 13.6. The molecule has 0 unspecified atom stereocenters. The normalized spacial score (nSPS) is 10.5. The van der Waals surface area contributed by atoms with Crippen LogP contribution < -0.4 is 10.5 Å². The molecular weight excluding hydrogens is 285 g/mol. The average Bonchev–Trinajstić information content (AvgIpc) is 2.40. The second-order valence-corrected chi connectivity index (χ2v) is 5.65. The molecule has 0 saturated carbocycles. The third kappa shape index (κ3) is 3.79. The van der Waals surface area contributed by atoms with Crippen LogP contribution in [0.2, 0.25) is 0 Å². The standard InChI is InChI=1S/C17H18FNOS/c1-10-4-11(2)12(3)16(5-10)20-9-13-6-14(17(19)21)8-15(18)7-13/h4-8H,9H2,1-3H3,(H2,19,21). The molecule has 0 aliphatic rings. The van der Waals surface area contributed by atoms with Crippen LogP contribution >= 0.6 is 12.2 Å². The van der Waals surface area contributed by atoms with Crippen LogP contribution in [0.4, 0.5) is 4.39 Å². The van der Waals surface area contributed by atoms with E-state index in [0.29, 0.717) is 11.1 Å². The molecule has 0 fully saturated rings. The van der Waals surface area contributed by atoms with Gasteiger partial charge in [-0.2, -0.15) is 0 Å². The van der Waals surface area contributed by atoms with E-state index in [9.17, 15) is 4.39 Å². The van der Waals surface area contributed by atoms with Gasteiger partial charge in [-0.25, -0.2) is 4.39 Å². The van der Waals surface area contributed by atoms with Crippen LogP contribution in [0.5, 0.6) is 5.75 Å². The first kappa shape index (κ1) is 15.4. The van der Waals surface area contributed by atoms with Gasteiger partial charge in [0.1, 0.15) is 23.2 Å². The lowest BCUT2D eigenvalue weighted by atomic mass is 10.1. The van der Waals surface area contributed by atoms with Crippen LogP contribution in [0.1, 0.15) is 27.8 Å². The van der Waals surface area contributed by atoms with Crippen molar-refractivity contribution in [3.8, 4) is 5.75 Å². The van der Waals surface area contributed by atoms with Crippen molar-refractivity contribution < 1.29 is 9.13 Å². The number of hydrogen-bond acceptors (Lipinski definition) is 2. The molecular formula is C17H18FNOS. The van der Waals surface area contributed by atoms with Crippen molar-refractivity contribution in [3.63, 3.8) is 0 Å². The van der Waals surface area contributed by atoms with E-state index < -0.39 is 0 Å². The zero-order valence-electron chi connectivity index (χ0n) is 12.4. The smallest absolute Gasteiger partial charge is 0.124 e. The van der Waals surface area contributed by atoms with Crippen LogP contribution in [0.15, 0.2) is 30.3 Å². The van der Waals surface area contributed by atoms with Gasteiger partial charge in [0.25, 0.3) is 0 Å². The zero-order valence-corrected chi connectivity index (χ0v) is 13.2. The van der Waals surface area contributed by atoms with E-state index in [1.54, 1.807) is 6.07 Å². The van der Waals surface area contributed by atoms with Gasteiger partial charge >= 0.3 is 0 Å². The van der Waals surface area contributed by atoms with Crippen molar-refractivity contribution in [2.24, 2.45) is 5.73 Å². The van der Waals surface area contributed by atoms with Crippen LogP contribution in [0.3, 0.4) is 0 Å². The highest BCUT2D eigenvalue weighted by atomic mass is 32.1. The Bertz CT molecular complexity index is 697. The first-order valence-corrected chi connectivity index (χ1v) is 7.07. The lowest BCUT2D eigenvalue weighted by Crippen LogP contribution is -2.10. The van der Waals surface area contributed by atoms with Gasteiger partial charge in [0, 0.05) is 5.56 Å². The van der Waals surface area contributed by atoms with Crippen molar-refractivity contribution >= 4 is 17.2 Å². The molecule has 0 saturated heterocycles. The summed E-state index contributed by atoms with van der Waals surface area (Å²) in [7, 11) is 0. The van der Waals surface area contributed by atoms with Gasteiger partial charge in [0.2, 0.25) is 0 Å². The molecule has 2 N–H and O–H groups in total. The first-order chi connectivity index (χ1) is 9.86. The van der Waals surface area contributed by atoms with Crippen LogP contribution in [0.25, 0.3) is 0 Å². The Morgan fingerprint density at radius 1 is 1.14 bits per heavy atom. The Hall–Kier alpha value is -1.94. The second-order valence-electron chi connectivity index (χ2n) is 5.21. The second kappa shape index (κ2) is 6.22. The number of aryl methyl sites for hydroxylation is 2. The molecule has 0 amide bonds. The molecule has 2 aromatic rings. The minimum atomic E-state index is -0.365. The summed E-state index contributed by atoms with van der Waals surface area (Å²) in [5.74, 6) is 0.449. The fourth-order valence-electron chi connectivity index (χ4n) is 2.19. The summed E-state index contributed by atoms with van der Waals surface area (Å²) in [6.07, 6.45) is 0. The fourth-order valence-corrected chi connectivity index (χ4v) is 2.31. The van der Waals surface area contributed by atoms with Crippen LogP contribution in [-0.4, -0.2) is 4.99 Å². The molecule has 110 valence electrons. The van der Waals surface area contributed by atoms with E-state index in [2.05, 4.69) is 6.07 Å². The van der Waals surface area contributed by atoms with E-state index in [0.717, 1.165) is 16.9 Å². The summed E-state index contributed by atoms with van der Waals surface area (Å²) in [5, 5.41) is 0. The molecule has 0 heterocycles. The van der Waals surface area contributed by atoms with Crippen molar-refractivity contribution in [1.82, 2.24) is 0 Å². The van der Waals surface area contributed by atoms with Crippen molar-refractivity contribution in [3.05, 3.63) is 64.0 Å². The predicted molar refractivity (Wildman–Crippen MR) is 87.3 cm³/mol. The fraction of sp³-hybridized carbons (Fsp3) is 0.235. The quantitative estimate of drug-likeness (QED) is 0.868. The van der Waals surface area contributed by atoms with Gasteiger partial charge in [-0.1, -0.05) is 18.3 Å². The van der Waals surface area contributed by atoms with Gasteiger partial charge in [-0.15, -0.1) is 0 Å². The summed E-state index contributed by atoms with van der Waals surface area (Å²) in [5.41, 5.74) is 10.2. The molecule has 0 spiro atoms. The lowest BCUT2D eigenvalue weighted by molar-refractivity contribution is 0.303. The molecule has 0 aliphatic heterocycles. The van der Waals surface area contributed by atoms with Gasteiger partial charge in [-0.05, 0) is 67.3 Å². The number of rotatable bonds is 4. The van der Waals surface area contributed by atoms with E-state index in [1.165, 1.54) is 17.7 Å². The summed E-state index contributed by atoms with van der Waals surface area (Å²) in [4.78, 5) is 0.179. The monoisotopic (exact) mass is 303 g/mol. The number of benzene rings is 2. The number of ether oxygens (including phenoxy) is 1. The predicted octanol–water partition coefficient (Wildman–Crippen LogP) is 3.96. The summed E-state index contributed by atoms with van der Waals surface area (Å²) >= 11 is 4.88. The van der Waals surface area contributed by atoms with E-state index in [-0.39, 0.29) is 17.4 Å². The molecule has 2 aromatic carbocycles. The highest BCUT2D eigenvalue weighted by molar-refractivity contribution is 7.80. The Kier molecular flexibility index (Phi) is 4.58. The third-order valence-corrected chi connectivity index (χ3v) is 3.64. The molecule has 0 bridgehead atoms. The maximum Gasteiger partial charge on any atom is 0.124 e. The Morgan fingerprint density at radius 2 is 1.86 bits per heavy atom. The molecule has 0 aliphatic carbocycles. The Labute approximate surface area is 129 Å². The van der Waals surface area contributed by atoms with E-state index in [1.807, 2.05) is 26.8 Å². The molecule has 2 rings (SSSR count). The number of hydrogen-bond donors (Lipinski definition) is 1. The van der Waals surface area contributed by atoms with Gasteiger partial charge in [0.05, 0.1) is 0 Å². The van der Waals surface area contributed by atoms with Crippen LogP contribution in [0, 0.1) is 26.6 Å². The number of halogens is 1. The third-order valence-electron chi connectivity index (χ3n) is 3.40. The number of thiocarbonyl (C=S) groups is 1. The molecule has 0 aromatic heterocycles. The first-order valence-electron chi connectivity index (χ1n) is 6.66. The van der Waals surface area contributed by atoms with Crippen molar-refractivity contribution in [2.75, 3.05) is 0 Å². The lowest BCUT2D eigenvalue weighted by Gasteiger charge is -2.13. The van der Waals surface area contributed by atoms with Crippen LogP contribution in [-0.2, 0) is 6.61 Å². The molecule has 4 heteroatoms. The minimum absolute atomic E-state index is 0.179. The largest absolute Gasteiger partial charge is 0.489 e. The van der Waals surface area contributed by atoms with Crippen molar-refractivity contribution in [2.45, 2.75) is 27.4 Å². The molecule has 21 heavy (non-hydrogen) atoms. The average molecular weight is 303 g/mol. The molecule has 0 radical (unpaired) electrons. The zero-order chi connectivity index (χ0) is 15.6. The summed E-state index contributed by atoms with van der Waals surface area (Å²) in [6.45, 7) is 6.35. The minimum Gasteiger partial charge on any atom is -0.489 e. The van der Waals surface area contributed by atoms with Crippen molar-refractivity contribution in [1.29, 1.82) is 0 Å². The number of nitrogens with two attached hydrogens (primary N) is 1. The highest BCUT2D eigenvalue weighted by Crippen LogP contribution is 2.24. The van der Waals surface area contributed by atoms with Gasteiger partial charge in [0.15, 0.2) is 0 Å². The van der Waals surface area contributed by atoms with Gasteiger partial charge < -0.3 is 10.5 Å². The van der Waals surface area contributed by atoms with Gasteiger partial charge in [-0.3, -0.25) is 0 Å². The Morgan fingerprint density at radius 3 is 2.52 bits per heavy atom.